The number of anilines is 1. The van der Waals surface area contributed by atoms with E-state index in [9.17, 15) is 4.39 Å². The number of halogens is 1. The Bertz CT molecular complexity index is 522. The maximum atomic E-state index is 13.2. The summed E-state index contributed by atoms with van der Waals surface area (Å²) in [5.74, 6) is 0.630. The topological polar surface area (TPSA) is 29.9 Å². The van der Waals surface area contributed by atoms with Gasteiger partial charge < -0.3 is 9.88 Å². The molecule has 0 fully saturated rings. The molecule has 1 aromatic carbocycles. The van der Waals surface area contributed by atoms with Crippen molar-refractivity contribution in [3.8, 4) is 0 Å². The highest BCUT2D eigenvalue weighted by Crippen LogP contribution is 2.19. The zero-order valence-electron chi connectivity index (χ0n) is 11.4. The van der Waals surface area contributed by atoms with Crippen LogP contribution in [0.2, 0.25) is 0 Å². The van der Waals surface area contributed by atoms with Crippen LogP contribution in [0.4, 0.5) is 10.3 Å². The van der Waals surface area contributed by atoms with Gasteiger partial charge in [0, 0.05) is 18.9 Å². The predicted octanol–water partition coefficient (Wildman–Crippen LogP) is 4.00. The molecule has 0 radical (unpaired) electrons. The van der Waals surface area contributed by atoms with Crippen LogP contribution >= 0.6 is 0 Å². The van der Waals surface area contributed by atoms with Crippen molar-refractivity contribution in [1.82, 2.24) is 9.55 Å². The first-order valence-electron chi connectivity index (χ1n) is 6.74. The van der Waals surface area contributed by atoms with Crippen molar-refractivity contribution in [2.75, 3.05) is 5.32 Å². The van der Waals surface area contributed by atoms with Gasteiger partial charge in [0.25, 0.3) is 0 Å². The number of imidazole rings is 1. The lowest BCUT2D eigenvalue weighted by Crippen LogP contribution is -2.12. The van der Waals surface area contributed by atoms with Crippen LogP contribution in [0.5, 0.6) is 0 Å². The number of hydrogen-bond donors (Lipinski definition) is 1. The fourth-order valence-corrected chi connectivity index (χ4v) is 2.01. The molecule has 19 heavy (non-hydrogen) atoms. The van der Waals surface area contributed by atoms with Gasteiger partial charge >= 0.3 is 0 Å². The molecule has 1 heterocycles. The summed E-state index contributed by atoms with van der Waals surface area (Å²) >= 11 is 0. The highest BCUT2D eigenvalue weighted by molar-refractivity contribution is 5.32. The first-order valence-corrected chi connectivity index (χ1v) is 6.74. The summed E-state index contributed by atoms with van der Waals surface area (Å²) in [5, 5.41) is 3.33. The number of rotatable bonds is 6. The van der Waals surface area contributed by atoms with Crippen LogP contribution in [0.1, 0.15) is 38.3 Å². The third kappa shape index (κ3) is 3.56. The van der Waals surface area contributed by atoms with Gasteiger partial charge in [-0.15, -0.1) is 0 Å². The van der Waals surface area contributed by atoms with Gasteiger partial charge in [0.15, 0.2) is 0 Å². The van der Waals surface area contributed by atoms with Crippen molar-refractivity contribution >= 4 is 5.95 Å². The van der Waals surface area contributed by atoms with E-state index in [0.717, 1.165) is 30.9 Å². The molecule has 4 heteroatoms. The number of benzene rings is 1. The summed E-state index contributed by atoms with van der Waals surface area (Å²) in [6.45, 7) is 5.13. The molecule has 0 saturated heterocycles. The molecule has 0 aliphatic carbocycles. The molecule has 1 N–H and O–H groups in total. The molecule has 102 valence electrons. The Balaban J connectivity index is 2.06. The summed E-state index contributed by atoms with van der Waals surface area (Å²) in [5.41, 5.74) is 0.921. The zero-order chi connectivity index (χ0) is 13.7. The third-order valence-corrected chi connectivity index (χ3v) is 3.16. The van der Waals surface area contributed by atoms with Crippen molar-refractivity contribution in [3.63, 3.8) is 0 Å². The fourth-order valence-electron chi connectivity index (χ4n) is 2.01. The Morgan fingerprint density at radius 1 is 1.42 bits per heavy atom. The Kier molecular flexibility index (Phi) is 4.55. The van der Waals surface area contributed by atoms with Crippen LogP contribution in [0, 0.1) is 5.82 Å². The minimum atomic E-state index is -0.208. The van der Waals surface area contributed by atoms with Crippen molar-refractivity contribution in [2.24, 2.45) is 0 Å². The number of aryl methyl sites for hydroxylation is 1. The van der Waals surface area contributed by atoms with Crippen molar-refractivity contribution in [3.05, 3.63) is 48.0 Å². The second-order valence-electron chi connectivity index (χ2n) is 4.72. The maximum absolute atomic E-state index is 13.2. The average Bonchev–Trinajstić information content (AvgIpc) is 2.83. The summed E-state index contributed by atoms with van der Waals surface area (Å²) in [7, 11) is 0. The molecule has 1 unspecified atom stereocenters. The SMILES string of the molecule is CCCCn1ccnc1NC(C)c1cccc(F)c1. The van der Waals surface area contributed by atoms with Gasteiger partial charge in [-0.3, -0.25) is 0 Å². The van der Waals surface area contributed by atoms with E-state index < -0.39 is 0 Å². The van der Waals surface area contributed by atoms with Crippen LogP contribution in [0.15, 0.2) is 36.7 Å². The number of hydrogen-bond acceptors (Lipinski definition) is 2. The van der Waals surface area contributed by atoms with Crippen LogP contribution < -0.4 is 5.32 Å². The lowest BCUT2D eigenvalue weighted by Gasteiger charge is -2.16. The lowest BCUT2D eigenvalue weighted by molar-refractivity contribution is 0.620. The summed E-state index contributed by atoms with van der Waals surface area (Å²) in [4.78, 5) is 4.32. The summed E-state index contributed by atoms with van der Waals surface area (Å²) < 4.78 is 15.3. The first kappa shape index (κ1) is 13.6. The number of aromatic nitrogens is 2. The zero-order valence-corrected chi connectivity index (χ0v) is 11.4. The largest absolute Gasteiger partial charge is 0.349 e. The van der Waals surface area contributed by atoms with Gasteiger partial charge in [-0.2, -0.15) is 0 Å². The Morgan fingerprint density at radius 2 is 2.26 bits per heavy atom. The Labute approximate surface area is 113 Å². The van der Waals surface area contributed by atoms with E-state index in [1.54, 1.807) is 18.3 Å². The smallest absolute Gasteiger partial charge is 0.203 e. The summed E-state index contributed by atoms with van der Waals surface area (Å²) in [6.07, 6.45) is 6.03. The lowest BCUT2D eigenvalue weighted by atomic mass is 10.1. The van der Waals surface area contributed by atoms with Crippen LogP contribution in [-0.2, 0) is 6.54 Å². The Hall–Kier alpha value is -1.84. The Morgan fingerprint density at radius 3 is 3.00 bits per heavy atom. The minimum Gasteiger partial charge on any atom is -0.349 e. The molecular weight excluding hydrogens is 241 g/mol. The second kappa shape index (κ2) is 6.36. The minimum absolute atomic E-state index is 0.0264. The molecule has 0 aliphatic rings. The number of unbranched alkanes of at least 4 members (excludes halogenated alkanes) is 1. The molecule has 0 bridgehead atoms. The van der Waals surface area contributed by atoms with Crippen molar-refractivity contribution in [1.29, 1.82) is 0 Å². The normalized spacial score (nSPS) is 12.4. The molecule has 0 aliphatic heterocycles. The molecule has 2 rings (SSSR count). The van der Waals surface area contributed by atoms with E-state index in [0.29, 0.717) is 0 Å². The van der Waals surface area contributed by atoms with Crippen LogP contribution in [0.3, 0.4) is 0 Å². The second-order valence-corrected chi connectivity index (χ2v) is 4.72. The van der Waals surface area contributed by atoms with E-state index in [1.165, 1.54) is 6.07 Å². The molecule has 0 spiro atoms. The highest BCUT2D eigenvalue weighted by atomic mass is 19.1. The van der Waals surface area contributed by atoms with E-state index in [2.05, 4.69) is 21.8 Å². The maximum Gasteiger partial charge on any atom is 0.203 e. The van der Waals surface area contributed by atoms with Crippen LogP contribution in [-0.4, -0.2) is 9.55 Å². The third-order valence-electron chi connectivity index (χ3n) is 3.16. The van der Waals surface area contributed by atoms with E-state index in [1.807, 2.05) is 19.2 Å². The number of nitrogens with zero attached hydrogens (tertiary/aromatic N) is 2. The standard InChI is InChI=1S/C15H20FN3/c1-3-4-9-19-10-8-17-15(19)18-12(2)13-6-5-7-14(16)11-13/h5-8,10-12H,3-4,9H2,1-2H3,(H,17,18). The van der Waals surface area contributed by atoms with Gasteiger partial charge in [-0.05, 0) is 31.0 Å². The van der Waals surface area contributed by atoms with Gasteiger partial charge in [0.2, 0.25) is 5.95 Å². The van der Waals surface area contributed by atoms with Crippen molar-refractivity contribution < 1.29 is 4.39 Å². The molecule has 1 aromatic heterocycles. The monoisotopic (exact) mass is 261 g/mol. The van der Waals surface area contributed by atoms with Gasteiger partial charge in [0.1, 0.15) is 5.82 Å². The molecule has 0 amide bonds. The van der Waals surface area contributed by atoms with Gasteiger partial charge in [-0.1, -0.05) is 25.5 Å². The first-order chi connectivity index (χ1) is 9.20. The summed E-state index contributed by atoms with van der Waals surface area (Å²) in [6, 6.07) is 6.68. The van der Waals surface area contributed by atoms with E-state index in [-0.39, 0.29) is 11.9 Å². The molecule has 2 aromatic rings. The van der Waals surface area contributed by atoms with Gasteiger partial charge in [0.05, 0.1) is 6.04 Å². The highest BCUT2D eigenvalue weighted by Gasteiger charge is 2.09. The number of nitrogens with one attached hydrogen (secondary N) is 1. The predicted molar refractivity (Wildman–Crippen MR) is 75.6 cm³/mol. The molecule has 3 nitrogen and oxygen atoms in total. The van der Waals surface area contributed by atoms with Crippen LogP contribution in [0.25, 0.3) is 0 Å². The molecule has 1 atom stereocenters. The molecular formula is C15H20FN3. The van der Waals surface area contributed by atoms with Crippen molar-refractivity contribution in [2.45, 2.75) is 39.3 Å². The van der Waals surface area contributed by atoms with E-state index >= 15 is 0 Å². The van der Waals surface area contributed by atoms with E-state index in [4.69, 9.17) is 0 Å². The average molecular weight is 261 g/mol. The van der Waals surface area contributed by atoms with Gasteiger partial charge in [-0.25, -0.2) is 9.37 Å². The fraction of sp³-hybridized carbons (Fsp3) is 0.400. The molecule has 0 saturated carbocycles. The quantitative estimate of drug-likeness (QED) is 0.852.